The number of oxime groups is 1. The van der Waals surface area contributed by atoms with Crippen LogP contribution in [0.2, 0.25) is 0 Å². The standard InChI is InChI=1S/C20H20F2N2O3/c21-16-5-6-19(22)18(11-16)17-4-2-1-3-14(17)12-23-27-10-9-24-8-7-15(13-24)20(25)26/h1-6,11-12,15H,7-10,13H2,(H,25,26)/b23-12+. The number of carboxylic acids is 1. The molecular weight excluding hydrogens is 354 g/mol. The predicted molar refractivity (Wildman–Crippen MR) is 97.5 cm³/mol. The van der Waals surface area contributed by atoms with E-state index in [-0.39, 0.29) is 11.5 Å². The largest absolute Gasteiger partial charge is 0.481 e. The lowest BCUT2D eigenvalue weighted by molar-refractivity contribution is -0.141. The van der Waals surface area contributed by atoms with Gasteiger partial charge in [-0.2, -0.15) is 0 Å². The number of benzene rings is 2. The highest BCUT2D eigenvalue weighted by Gasteiger charge is 2.27. The first kappa shape index (κ1) is 19.0. The van der Waals surface area contributed by atoms with Crippen LogP contribution in [0.3, 0.4) is 0 Å². The van der Waals surface area contributed by atoms with E-state index in [0.717, 1.165) is 24.7 Å². The van der Waals surface area contributed by atoms with E-state index in [9.17, 15) is 13.6 Å². The van der Waals surface area contributed by atoms with Crippen molar-refractivity contribution < 1.29 is 23.5 Å². The van der Waals surface area contributed by atoms with E-state index in [0.29, 0.717) is 37.2 Å². The van der Waals surface area contributed by atoms with E-state index < -0.39 is 17.6 Å². The van der Waals surface area contributed by atoms with Crippen LogP contribution in [-0.4, -0.2) is 48.4 Å². The Morgan fingerprint density at radius 2 is 2.07 bits per heavy atom. The van der Waals surface area contributed by atoms with Gasteiger partial charge in [0, 0.05) is 24.2 Å². The van der Waals surface area contributed by atoms with Crippen molar-refractivity contribution in [3.05, 3.63) is 59.7 Å². The Labute approximate surface area is 155 Å². The Balaban J connectivity index is 1.58. The second kappa shape index (κ2) is 8.73. The second-order valence-electron chi connectivity index (χ2n) is 6.40. The first-order valence-electron chi connectivity index (χ1n) is 8.69. The Bertz CT molecular complexity index is 842. The molecule has 1 heterocycles. The number of rotatable bonds is 7. The van der Waals surface area contributed by atoms with E-state index in [1.54, 1.807) is 24.3 Å². The van der Waals surface area contributed by atoms with E-state index in [4.69, 9.17) is 9.94 Å². The summed E-state index contributed by atoms with van der Waals surface area (Å²) in [5.74, 6) is -2.11. The number of carbonyl (C=O) groups is 1. The van der Waals surface area contributed by atoms with E-state index in [1.165, 1.54) is 6.21 Å². The molecule has 0 bridgehead atoms. The van der Waals surface area contributed by atoms with Crippen LogP contribution in [0.5, 0.6) is 0 Å². The fraction of sp³-hybridized carbons (Fsp3) is 0.300. The van der Waals surface area contributed by atoms with Crippen molar-refractivity contribution in [3.63, 3.8) is 0 Å². The molecule has 2 aromatic carbocycles. The van der Waals surface area contributed by atoms with Crippen LogP contribution in [0.1, 0.15) is 12.0 Å². The minimum absolute atomic E-state index is 0.161. The number of carboxylic acid groups (broad SMARTS) is 1. The van der Waals surface area contributed by atoms with E-state index in [1.807, 2.05) is 4.90 Å². The first-order chi connectivity index (χ1) is 13.0. The van der Waals surface area contributed by atoms with Gasteiger partial charge in [-0.15, -0.1) is 0 Å². The van der Waals surface area contributed by atoms with Gasteiger partial charge in [0.2, 0.25) is 0 Å². The number of aliphatic carboxylic acids is 1. The van der Waals surface area contributed by atoms with Gasteiger partial charge < -0.3 is 9.94 Å². The maximum atomic E-state index is 14.0. The summed E-state index contributed by atoms with van der Waals surface area (Å²) in [7, 11) is 0. The molecule has 1 aliphatic heterocycles. The Hall–Kier alpha value is -2.80. The van der Waals surface area contributed by atoms with Crippen LogP contribution in [0.4, 0.5) is 8.78 Å². The normalized spacial score (nSPS) is 17.5. The molecule has 1 N–H and O–H groups in total. The van der Waals surface area contributed by atoms with Gasteiger partial charge in [-0.05, 0) is 36.7 Å². The fourth-order valence-corrected chi connectivity index (χ4v) is 3.11. The van der Waals surface area contributed by atoms with Crippen LogP contribution in [0, 0.1) is 17.6 Å². The molecule has 2 aromatic rings. The number of halogens is 2. The zero-order chi connectivity index (χ0) is 19.2. The predicted octanol–water partition coefficient (Wildman–Crippen LogP) is 3.39. The van der Waals surface area contributed by atoms with Gasteiger partial charge in [0.05, 0.1) is 12.1 Å². The number of hydrogen-bond donors (Lipinski definition) is 1. The lowest BCUT2D eigenvalue weighted by Gasteiger charge is -2.13. The van der Waals surface area contributed by atoms with Gasteiger partial charge >= 0.3 is 5.97 Å². The maximum absolute atomic E-state index is 14.0. The van der Waals surface area contributed by atoms with Crippen LogP contribution < -0.4 is 0 Å². The number of likely N-dealkylation sites (tertiary alicyclic amines) is 1. The molecular formula is C20H20F2N2O3. The summed E-state index contributed by atoms with van der Waals surface area (Å²) in [5.41, 5.74) is 1.29. The molecule has 1 unspecified atom stereocenters. The Morgan fingerprint density at radius 1 is 1.26 bits per heavy atom. The Morgan fingerprint density at radius 3 is 2.85 bits per heavy atom. The van der Waals surface area contributed by atoms with Crippen molar-refractivity contribution in [3.8, 4) is 11.1 Å². The van der Waals surface area contributed by atoms with Crippen LogP contribution in [0.15, 0.2) is 47.6 Å². The van der Waals surface area contributed by atoms with Gasteiger partial charge in [0.25, 0.3) is 0 Å². The second-order valence-corrected chi connectivity index (χ2v) is 6.40. The summed E-state index contributed by atoms with van der Waals surface area (Å²) in [4.78, 5) is 18.2. The molecule has 5 nitrogen and oxygen atoms in total. The molecule has 27 heavy (non-hydrogen) atoms. The maximum Gasteiger partial charge on any atom is 0.307 e. The molecule has 142 valence electrons. The highest BCUT2D eigenvalue weighted by Crippen LogP contribution is 2.26. The van der Waals surface area contributed by atoms with Crippen molar-refractivity contribution >= 4 is 12.2 Å². The quantitative estimate of drug-likeness (QED) is 0.458. The highest BCUT2D eigenvalue weighted by atomic mass is 19.1. The van der Waals surface area contributed by atoms with Crippen molar-refractivity contribution in [1.29, 1.82) is 0 Å². The van der Waals surface area contributed by atoms with Gasteiger partial charge in [0.1, 0.15) is 18.2 Å². The summed E-state index contributed by atoms with van der Waals surface area (Å²) >= 11 is 0. The summed E-state index contributed by atoms with van der Waals surface area (Å²) in [5, 5.41) is 12.9. The van der Waals surface area contributed by atoms with Crippen LogP contribution >= 0.6 is 0 Å². The molecule has 3 rings (SSSR count). The smallest absolute Gasteiger partial charge is 0.307 e. The SMILES string of the molecule is O=C(O)C1CCN(CCO/N=C/c2ccccc2-c2cc(F)ccc2F)C1. The molecule has 0 aromatic heterocycles. The lowest BCUT2D eigenvalue weighted by atomic mass is 10.00. The molecule has 7 heteroatoms. The molecule has 0 amide bonds. The summed E-state index contributed by atoms with van der Waals surface area (Å²) in [6.07, 6.45) is 2.11. The number of nitrogens with zero attached hydrogens (tertiary/aromatic N) is 2. The molecule has 1 atom stereocenters. The highest BCUT2D eigenvalue weighted by molar-refractivity contribution is 5.90. The van der Waals surface area contributed by atoms with Gasteiger partial charge in [-0.3, -0.25) is 9.69 Å². The van der Waals surface area contributed by atoms with Crippen molar-refractivity contribution in [1.82, 2.24) is 4.90 Å². The zero-order valence-electron chi connectivity index (χ0n) is 14.6. The third-order valence-electron chi connectivity index (χ3n) is 4.57. The Kier molecular flexibility index (Phi) is 6.13. The monoisotopic (exact) mass is 374 g/mol. The average Bonchev–Trinajstić information content (AvgIpc) is 3.13. The third-order valence-corrected chi connectivity index (χ3v) is 4.57. The van der Waals surface area contributed by atoms with Gasteiger partial charge in [0.15, 0.2) is 0 Å². The van der Waals surface area contributed by atoms with E-state index >= 15 is 0 Å². The van der Waals surface area contributed by atoms with Gasteiger partial charge in [-0.25, -0.2) is 8.78 Å². The topological polar surface area (TPSA) is 62.1 Å². The van der Waals surface area contributed by atoms with Crippen molar-refractivity contribution in [2.45, 2.75) is 6.42 Å². The average molecular weight is 374 g/mol. The summed E-state index contributed by atoms with van der Waals surface area (Å²) < 4.78 is 27.5. The molecule has 0 radical (unpaired) electrons. The van der Waals surface area contributed by atoms with Gasteiger partial charge in [-0.1, -0.05) is 29.4 Å². The van der Waals surface area contributed by atoms with Crippen LogP contribution in [-0.2, 0) is 9.63 Å². The van der Waals surface area contributed by atoms with Crippen LogP contribution in [0.25, 0.3) is 11.1 Å². The molecule has 1 aliphatic rings. The third kappa shape index (κ3) is 4.89. The minimum Gasteiger partial charge on any atom is -0.481 e. The lowest BCUT2D eigenvalue weighted by Crippen LogP contribution is -2.26. The molecule has 1 saturated heterocycles. The molecule has 0 saturated carbocycles. The summed E-state index contributed by atoms with van der Waals surface area (Å²) in [6.45, 7) is 2.15. The van der Waals surface area contributed by atoms with Crippen molar-refractivity contribution in [2.75, 3.05) is 26.2 Å². The molecule has 0 spiro atoms. The summed E-state index contributed by atoms with van der Waals surface area (Å²) in [6, 6.07) is 10.3. The minimum atomic E-state index is -0.766. The molecule has 1 fully saturated rings. The fourth-order valence-electron chi connectivity index (χ4n) is 3.11. The molecule has 0 aliphatic carbocycles. The van der Waals surface area contributed by atoms with E-state index in [2.05, 4.69) is 5.16 Å². The first-order valence-corrected chi connectivity index (χ1v) is 8.69. The van der Waals surface area contributed by atoms with Crippen molar-refractivity contribution in [2.24, 2.45) is 11.1 Å². The number of hydrogen-bond acceptors (Lipinski definition) is 4. The zero-order valence-corrected chi connectivity index (χ0v) is 14.6.